The third kappa shape index (κ3) is 8.02. The highest BCUT2D eigenvalue weighted by atomic mass is 35.5. The number of nitrogens with one attached hydrogen (secondary N) is 1. The maximum atomic E-state index is 12.3. The van der Waals surface area contributed by atoms with Crippen molar-refractivity contribution < 1.29 is 9.59 Å². The van der Waals surface area contributed by atoms with Gasteiger partial charge in [0.15, 0.2) is 0 Å². The summed E-state index contributed by atoms with van der Waals surface area (Å²) in [4.78, 5) is 26.1. The van der Waals surface area contributed by atoms with Crippen molar-refractivity contribution >= 4 is 24.2 Å². The van der Waals surface area contributed by atoms with Crippen molar-refractivity contribution in [1.29, 1.82) is 0 Å². The van der Waals surface area contributed by atoms with Gasteiger partial charge in [-0.25, -0.2) is 0 Å². The number of halogens is 1. The molecule has 1 aliphatic carbocycles. The number of rotatable bonds is 7. The van der Waals surface area contributed by atoms with Crippen molar-refractivity contribution in [3.05, 3.63) is 0 Å². The van der Waals surface area contributed by atoms with Crippen molar-refractivity contribution in [2.75, 3.05) is 20.1 Å². The molecule has 0 aliphatic heterocycles. The third-order valence-corrected chi connectivity index (χ3v) is 4.54. The Bertz CT molecular complexity index is 382. The normalized spacial score (nSPS) is 17.1. The fourth-order valence-corrected chi connectivity index (χ4v) is 3.13. The van der Waals surface area contributed by atoms with Crippen LogP contribution in [0, 0.1) is 11.3 Å². The van der Waals surface area contributed by atoms with Gasteiger partial charge in [0.2, 0.25) is 11.8 Å². The Morgan fingerprint density at radius 1 is 1.26 bits per heavy atom. The van der Waals surface area contributed by atoms with Crippen LogP contribution >= 0.6 is 12.4 Å². The molecule has 1 unspecified atom stereocenters. The Morgan fingerprint density at radius 2 is 1.83 bits per heavy atom. The molecule has 1 atom stereocenters. The van der Waals surface area contributed by atoms with Crippen LogP contribution in [0.3, 0.4) is 0 Å². The average Bonchev–Trinajstić information content (AvgIpc) is 2.46. The summed E-state index contributed by atoms with van der Waals surface area (Å²) in [6, 6.07) is -0.477. The molecule has 136 valence electrons. The van der Waals surface area contributed by atoms with Gasteiger partial charge in [0.05, 0.1) is 0 Å². The smallest absolute Gasteiger partial charge is 0.244 e. The van der Waals surface area contributed by atoms with Crippen LogP contribution in [0.1, 0.15) is 59.3 Å². The number of likely N-dealkylation sites (N-methyl/N-ethyl adjacent to an activating group) is 1. The Labute approximate surface area is 147 Å². The summed E-state index contributed by atoms with van der Waals surface area (Å²) in [5.74, 6) is 0.433. The number of nitrogens with two attached hydrogens (primary N) is 1. The van der Waals surface area contributed by atoms with Gasteiger partial charge >= 0.3 is 0 Å². The van der Waals surface area contributed by atoms with E-state index in [-0.39, 0.29) is 29.6 Å². The molecule has 0 radical (unpaired) electrons. The second kappa shape index (κ2) is 10.1. The molecule has 0 spiro atoms. The summed E-state index contributed by atoms with van der Waals surface area (Å²) < 4.78 is 0. The standard InChI is InChI=1S/C17H33N3O2.ClH/c1-13(16(22)20(4)12-17(2,3)11-18)19-15(21)10-14-8-6-5-7-9-14;/h13-14H,5-12,18H2,1-4H3,(H,19,21);1H. The summed E-state index contributed by atoms with van der Waals surface area (Å²) in [6.07, 6.45) is 6.57. The largest absolute Gasteiger partial charge is 0.345 e. The highest BCUT2D eigenvalue weighted by Gasteiger charge is 2.26. The van der Waals surface area contributed by atoms with Gasteiger partial charge in [-0.1, -0.05) is 33.1 Å². The van der Waals surface area contributed by atoms with Crippen LogP contribution < -0.4 is 11.1 Å². The van der Waals surface area contributed by atoms with E-state index in [1.807, 2.05) is 13.8 Å². The molecule has 3 N–H and O–H groups in total. The summed E-state index contributed by atoms with van der Waals surface area (Å²) in [6.45, 7) is 6.93. The van der Waals surface area contributed by atoms with Gasteiger partial charge in [0.1, 0.15) is 6.04 Å². The van der Waals surface area contributed by atoms with Crippen LogP contribution in [-0.4, -0.2) is 42.9 Å². The quantitative estimate of drug-likeness (QED) is 0.742. The van der Waals surface area contributed by atoms with Gasteiger partial charge in [-0.05, 0) is 37.6 Å². The Hall–Kier alpha value is -0.810. The highest BCUT2D eigenvalue weighted by Crippen LogP contribution is 2.26. The maximum Gasteiger partial charge on any atom is 0.244 e. The van der Waals surface area contributed by atoms with Crippen LogP contribution in [0.15, 0.2) is 0 Å². The lowest BCUT2D eigenvalue weighted by Crippen LogP contribution is -2.49. The molecule has 0 aromatic carbocycles. The van der Waals surface area contributed by atoms with Crippen molar-refractivity contribution in [2.45, 2.75) is 65.3 Å². The SMILES string of the molecule is CC(NC(=O)CC1CCCCC1)C(=O)N(C)CC(C)(C)CN.Cl. The second-order valence-electron chi connectivity index (χ2n) is 7.56. The topological polar surface area (TPSA) is 75.4 Å². The van der Waals surface area contributed by atoms with E-state index in [2.05, 4.69) is 5.32 Å². The molecule has 1 fully saturated rings. The molecule has 23 heavy (non-hydrogen) atoms. The zero-order chi connectivity index (χ0) is 16.8. The minimum absolute atomic E-state index is 0. The fraction of sp³-hybridized carbons (Fsp3) is 0.882. The van der Waals surface area contributed by atoms with E-state index in [0.29, 0.717) is 25.4 Å². The summed E-state index contributed by atoms with van der Waals surface area (Å²) in [7, 11) is 1.77. The monoisotopic (exact) mass is 347 g/mol. The summed E-state index contributed by atoms with van der Waals surface area (Å²) in [5.41, 5.74) is 5.59. The van der Waals surface area contributed by atoms with Gasteiger partial charge < -0.3 is 16.0 Å². The van der Waals surface area contributed by atoms with E-state index in [9.17, 15) is 9.59 Å². The molecule has 0 aromatic rings. The molecule has 1 rings (SSSR count). The van der Waals surface area contributed by atoms with Crippen LogP contribution in [0.25, 0.3) is 0 Å². The maximum absolute atomic E-state index is 12.3. The Balaban J connectivity index is 0.00000484. The van der Waals surface area contributed by atoms with E-state index >= 15 is 0 Å². The first-order chi connectivity index (χ1) is 10.2. The molecular weight excluding hydrogens is 314 g/mol. The average molecular weight is 348 g/mol. The van der Waals surface area contributed by atoms with Gasteiger partial charge in [-0.2, -0.15) is 0 Å². The van der Waals surface area contributed by atoms with E-state index in [0.717, 1.165) is 12.8 Å². The van der Waals surface area contributed by atoms with Gasteiger partial charge in [0, 0.05) is 20.0 Å². The van der Waals surface area contributed by atoms with Crippen molar-refractivity contribution in [1.82, 2.24) is 10.2 Å². The number of carbonyl (C=O) groups excluding carboxylic acids is 2. The minimum Gasteiger partial charge on any atom is -0.345 e. The van der Waals surface area contributed by atoms with Crippen molar-refractivity contribution in [3.8, 4) is 0 Å². The first-order valence-electron chi connectivity index (χ1n) is 8.49. The lowest BCUT2D eigenvalue weighted by Gasteiger charge is -2.31. The first kappa shape index (κ1) is 22.2. The lowest BCUT2D eigenvalue weighted by atomic mass is 9.87. The molecule has 0 heterocycles. The van der Waals surface area contributed by atoms with Gasteiger partial charge in [-0.15, -0.1) is 12.4 Å². The van der Waals surface area contributed by atoms with Crippen LogP contribution in [0.2, 0.25) is 0 Å². The fourth-order valence-electron chi connectivity index (χ4n) is 3.13. The van der Waals surface area contributed by atoms with Crippen LogP contribution in [-0.2, 0) is 9.59 Å². The Kier molecular flexibility index (Phi) is 9.78. The summed E-state index contributed by atoms with van der Waals surface area (Å²) in [5, 5.41) is 2.85. The van der Waals surface area contributed by atoms with Crippen molar-refractivity contribution in [2.24, 2.45) is 17.1 Å². The van der Waals surface area contributed by atoms with E-state index in [1.54, 1.807) is 18.9 Å². The van der Waals surface area contributed by atoms with Gasteiger partial charge in [-0.3, -0.25) is 9.59 Å². The molecule has 6 heteroatoms. The third-order valence-electron chi connectivity index (χ3n) is 4.54. The number of amides is 2. The molecule has 1 aliphatic rings. The predicted octanol–water partition coefficient (Wildman–Crippen LogP) is 2.33. The molecule has 1 saturated carbocycles. The summed E-state index contributed by atoms with van der Waals surface area (Å²) >= 11 is 0. The number of hydrogen-bond acceptors (Lipinski definition) is 3. The molecule has 0 saturated heterocycles. The molecular formula is C17H34ClN3O2. The Morgan fingerprint density at radius 3 is 2.35 bits per heavy atom. The van der Waals surface area contributed by atoms with E-state index in [1.165, 1.54) is 19.3 Å². The zero-order valence-corrected chi connectivity index (χ0v) is 15.9. The number of hydrogen-bond donors (Lipinski definition) is 2. The molecule has 0 aromatic heterocycles. The first-order valence-corrected chi connectivity index (χ1v) is 8.49. The lowest BCUT2D eigenvalue weighted by molar-refractivity contribution is -0.136. The number of nitrogens with zero attached hydrogens (tertiary/aromatic N) is 1. The van der Waals surface area contributed by atoms with Gasteiger partial charge in [0.25, 0.3) is 0 Å². The number of carbonyl (C=O) groups is 2. The highest BCUT2D eigenvalue weighted by molar-refractivity contribution is 5.87. The van der Waals surface area contributed by atoms with Crippen LogP contribution in [0.5, 0.6) is 0 Å². The second-order valence-corrected chi connectivity index (χ2v) is 7.56. The van der Waals surface area contributed by atoms with Crippen LogP contribution in [0.4, 0.5) is 0 Å². The predicted molar refractivity (Wildman–Crippen MR) is 96.5 cm³/mol. The zero-order valence-electron chi connectivity index (χ0n) is 15.1. The minimum atomic E-state index is -0.477. The molecule has 5 nitrogen and oxygen atoms in total. The van der Waals surface area contributed by atoms with E-state index < -0.39 is 6.04 Å². The van der Waals surface area contributed by atoms with Crippen molar-refractivity contribution in [3.63, 3.8) is 0 Å². The van der Waals surface area contributed by atoms with E-state index in [4.69, 9.17) is 5.73 Å². The molecule has 2 amide bonds. The molecule has 0 bridgehead atoms.